The highest BCUT2D eigenvalue weighted by Crippen LogP contribution is 2.47. The van der Waals surface area contributed by atoms with Gasteiger partial charge >= 0.3 is 22.9 Å². The summed E-state index contributed by atoms with van der Waals surface area (Å²) >= 11 is 0. The molecule has 200 valence electrons. The van der Waals surface area contributed by atoms with Crippen LogP contribution in [0.4, 0.5) is 43.9 Å². The van der Waals surface area contributed by atoms with Crippen LogP contribution in [0.25, 0.3) is 4.13 Å². The third-order valence-corrected chi connectivity index (χ3v) is 7.99. The molecule has 0 saturated carbocycles. The molecule has 1 saturated heterocycles. The molecule has 33 heavy (non-hydrogen) atoms. The molecule has 1 aliphatic rings. The zero-order valence-electron chi connectivity index (χ0n) is 17.5. The van der Waals surface area contributed by atoms with Crippen LogP contribution in [0.2, 0.25) is 0 Å². The van der Waals surface area contributed by atoms with Gasteiger partial charge in [0.2, 0.25) is 0 Å². The molecule has 0 bridgehead atoms. The lowest BCUT2D eigenvalue weighted by molar-refractivity contribution is -0.932. The van der Waals surface area contributed by atoms with Gasteiger partial charge < -0.3 is 8.61 Å². The smallest absolute Gasteiger partial charge is 0.425 e. The van der Waals surface area contributed by atoms with Crippen LogP contribution in [0.3, 0.4) is 0 Å². The number of nitrogens with zero attached hydrogens (tertiary/aromatic N) is 2. The molecule has 0 amide bonds. The summed E-state index contributed by atoms with van der Waals surface area (Å²) < 4.78 is 162. The lowest BCUT2D eigenvalue weighted by atomic mass is 10.1. The lowest BCUT2D eigenvalue weighted by Crippen LogP contribution is -2.52. The number of rotatable bonds is 8. The van der Waals surface area contributed by atoms with Gasteiger partial charge in [-0.2, -0.15) is 43.9 Å². The predicted molar refractivity (Wildman–Crippen MR) is 97.4 cm³/mol. The summed E-state index contributed by atoms with van der Waals surface area (Å²) in [6.45, 7) is 10.4. The number of alkyl halides is 10. The van der Waals surface area contributed by atoms with Crippen LogP contribution >= 0.6 is 0 Å². The van der Waals surface area contributed by atoms with E-state index in [4.69, 9.17) is 0 Å². The van der Waals surface area contributed by atoms with E-state index >= 15 is 0 Å². The van der Waals surface area contributed by atoms with Gasteiger partial charge in [0.25, 0.3) is 0 Å². The van der Waals surface area contributed by atoms with E-state index in [1.165, 1.54) is 62.8 Å². The summed E-state index contributed by atoms with van der Waals surface area (Å²) in [6, 6.07) is 0. The fraction of sp³-hybridized carbons (Fsp3) is 1.00. The maximum Gasteiger partial charge on any atom is 0.467 e. The maximum absolute atomic E-state index is 12.3. The quantitative estimate of drug-likeness (QED) is 0.310. The molecule has 6 nitrogen and oxygen atoms in total. The Morgan fingerprint density at radius 2 is 0.939 bits per heavy atom. The second-order valence-electron chi connectivity index (χ2n) is 7.35. The lowest BCUT2D eigenvalue weighted by Gasteiger charge is -2.41. The normalized spacial score (nSPS) is 18.4. The predicted octanol–water partition coefficient (Wildman–Crippen LogP) is 5.14. The molecule has 0 aromatic carbocycles. The van der Waals surface area contributed by atoms with Crippen molar-refractivity contribution >= 4 is 20.0 Å². The van der Waals surface area contributed by atoms with Gasteiger partial charge in [-0.3, -0.25) is 0 Å². The number of hydrogen-bond acceptors (Lipinski definition) is 4. The number of halogens is 10. The van der Waals surface area contributed by atoms with Gasteiger partial charge in [0.1, 0.15) is 0 Å². The first kappa shape index (κ1) is 32.1. The van der Waals surface area contributed by atoms with Gasteiger partial charge in [0.05, 0.1) is 26.2 Å². The summed E-state index contributed by atoms with van der Waals surface area (Å²) in [5.41, 5.74) is 0. The van der Waals surface area contributed by atoms with E-state index in [1.807, 2.05) is 0 Å². The maximum atomic E-state index is 12.3. The molecule has 0 aliphatic carbocycles. The van der Waals surface area contributed by atoms with Crippen molar-refractivity contribution in [3.8, 4) is 0 Å². The molecule has 1 aliphatic heterocycles. The zero-order chi connectivity index (χ0) is 26.6. The Bertz CT molecular complexity index is 764. The first-order valence-corrected chi connectivity index (χ1v) is 12.4. The van der Waals surface area contributed by atoms with Gasteiger partial charge in [-0.05, 0) is 32.1 Å². The summed E-state index contributed by atoms with van der Waals surface area (Å²) in [5, 5.41) is -14.0. The molecule has 0 aromatic heterocycles. The van der Waals surface area contributed by atoms with Crippen molar-refractivity contribution in [1.82, 2.24) is 0 Å². The second-order valence-corrected chi connectivity index (χ2v) is 10.9. The largest absolute Gasteiger partial charge is 0.467 e. The molecule has 0 spiro atoms. The Balaban J connectivity index is 0.000000716. The monoisotopic (exact) mass is 550 g/mol. The van der Waals surface area contributed by atoms with Crippen molar-refractivity contribution in [2.75, 3.05) is 26.2 Å². The Morgan fingerprint density at radius 1 is 0.636 bits per heavy atom. The average molecular weight is 550 g/mol. The van der Waals surface area contributed by atoms with E-state index in [-0.39, 0.29) is 0 Å². The molecular formula is C15H24F10N2O4S2. The number of sulfonamides is 2. The van der Waals surface area contributed by atoms with Gasteiger partial charge in [-0.25, -0.2) is 16.8 Å². The molecule has 18 heteroatoms. The van der Waals surface area contributed by atoms with Crippen LogP contribution in [-0.4, -0.2) is 70.4 Å². The molecule has 0 atom stereocenters. The van der Waals surface area contributed by atoms with E-state index in [0.717, 1.165) is 0 Å². The number of hydrogen-bond donors (Lipinski definition) is 0. The van der Waals surface area contributed by atoms with Crippen LogP contribution < -0.4 is 0 Å². The molecular weight excluding hydrogens is 526 g/mol. The summed E-state index contributed by atoms with van der Waals surface area (Å²) in [5.74, 6) is 0. The topological polar surface area (TPSA) is 82.4 Å². The molecule has 0 radical (unpaired) electrons. The number of likely N-dealkylation sites (tertiary alicyclic amines) is 1. The van der Waals surface area contributed by atoms with Crippen molar-refractivity contribution in [2.45, 2.75) is 68.8 Å². The molecule has 0 unspecified atom stereocenters. The minimum absolute atomic E-state index is 0.422. The van der Waals surface area contributed by atoms with Gasteiger partial charge in [0.15, 0.2) is 20.0 Å². The Morgan fingerprint density at radius 3 is 1.18 bits per heavy atom. The van der Waals surface area contributed by atoms with E-state index in [2.05, 4.69) is 13.8 Å². The summed E-state index contributed by atoms with van der Waals surface area (Å²) in [7, 11) is -15.2. The number of piperidine rings is 1. The second kappa shape index (κ2) is 10.8. The standard InChI is InChI=1S/C11H24N.C4F10NO4S2/c1-3-8-12(9-4-2)10-6-5-7-11-12;5-1(6,7)3(11,12)20(16,17)15-21(18,19)4(13,14)2(8,9)10/h3-11H2,1-2H3;/q+1;-1. The van der Waals surface area contributed by atoms with Crippen LogP contribution in [-0.2, 0) is 20.0 Å². The summed E-state index contributed by atoms with van der Waals surface area (Å²) in [4.78, 5) is 0. The SMILES string of the molecule is CCC[N+]1(CCC)CCCCC1.O=S(=O)([N-]S(=O)(=O)C(F)(F)C(F)(F)F)C(F)(F)C(F)(F)F. The fourth-order valence-electron chi connectivity index (χ4n) is 3.21. The van der Waals surface area contributed by atoms with Gasteiger partial charge in [-0.15, -0.1) is 0 Å². The van der Waals surface area contributed by atoms with Gasteiger partial charge in [0, 0.05) is 0 Å². The zero-order valence-corrected chi connectivity index (χ0v) is 19.1. The first-order chi connectivity index (χ1) is 14.5. The van der Waals surface area contributed by atoms with Crippen LogP contribution in [0.15, 0.2) is 0 Å². The van der Waals surface area contributed by atoms with Crippen molar-refractivity contribution in [1.29, 1.82) is 0 Å². The fourth-order valence-corrected chi connectivity index (χ4v) is 5.57. The van der Waals surface area contributed by atoms with E-state index < -0.39 is 42.9 Å². The highest BCUT2D eigenvalue weighted by molar-refractivity contribution is 8.13. The van der Waals surface area contributed by atoms with Crippen molar-refractivity contribution in [3.63, 3.8) is 0 Å². The minimum atomic E-state index is -7.62. The van der Waals surface area contributed by atoms with Crippen LogP contribution in [0.1, 0.15) is 46.0 Å². The molecule has 1 rings (SSSR count). The molecule has 1 heterocycles. The Hall–Kier alpha value is -0.880. The van der Waals surface area contributed by atoms with Crippen LogP contribution in [0, 0.1) is 0 Å². The minimum Gasteiger partial charge on any atom is -0.425 e. The Kier molecular flexibility index (Phi) is 10.5. The molecule has 0 aromatic rings. The number of quaternary nitrogens is 1. The average Bonchev–Trinajstić information content (AvgIpc) is 2.60. The van der Waals surface area contributed by atoms with Crippen molar-refractivity contribution in [2.24, 2.45) is 0 Å². The van der Waals surface area contributed by atoms with Crippen molar-refractivity contribution in [3.05, 3.63) is 4.13 Å². The molecule has 0 N–H and O–H groups in total. The third kappa shape index (κ3) is 7.55. The van der Waals surface area contributed by atoms with E-state index in [9.17, 15) is 60.7 Å². The summed E-state index contributed by atoms with van der Waals surface area (Å²) in [6.07, 6.45) is -6.86. The van der Waals surface area contributed by atoms with E-state index in [1.54, 1.807) is 0 Å². The third-order valence-electron chi connectivity index (χ3n) is 4.67. The van der Waals surface area contributed by atoms with Crippen molar-refractivity contribution < 1.29 is 65.2 Å². The Labute approximate surface area is 185 Å². The van der Waals surface area contributed by atoms with E-state index in [0.29, 0.717) is 4.13 Å². The highest BCUT2D eigenvalue weighted by Gasteiger charge is 2.68. The van der Waals surface area contributed by atoms with Gasteiger partial charge in [-0.1, -0.05) is 13.8 Å². The highest BCUT2D eigenvalue weighted by atomic mass is 32.3. The molecule has 1 fully saturated rings. The first-order valence-electron chi connectivity index (χ1n) is 9.51. The van der Waals surface area contributed by atoms with Crippen LogP contribution in [0.5, 0.6) is 0 Å².